The van der Waals surface area contributed by atoms with E-state index >= 15 is 0 Å². The molecule has 1 aromatic rings. The lowest BCUT2D eigenvalue weighted by Gasteiger charge is -2.26. The molecule has 1 saturated heterocycles. The molecule has 80 valence electrons. The van der Waals surface area contributed by atoms with E-state index in [1.807, 2.05) is 4.57 Å². The van der Waals surface area contributed by atoms with Crippen molar-refractivity contribution in [2.45, 2.75) is 19.4 Å². The van der Waals surface area contributed by atoms with Crippen molar-refractivity contribution in [1.29, 1.82) is 0 Å². The average Bonchev–Trinajstić information content (AvgIpc) is 2.83. The van der Waals surface area contributed by atoms with E-state index < -0.39 is 0 Å². The Kier molecular flexibility index (Phi) is 2.09. The summed E-state index contributed by atoms with van der Waals surface area (Å²) in [6, 6.07) is 0. The molecule has 1 atom stereocenters. The topological polar surface area (TPSA) is 46.9 Å². The van der Waals surface area contributed by atoms with Crippen LogP contribution in [-0.2, 0) is 6.54 Å². The van der Waals surface area contributed by atoms with E-state index in [4.69, 9.17) is 0 Å². The van der Waals surface area contributed by atoms with Crippen LogP contribution in [0.2, 0.25) is 0 Å². The van der Waals surface area contributed by atoms with Gasteiger partial charge in [-0.15, -0.1) is 0 Å². The summed E-state index contributed by atoms with van der Waals surface area (Å²) in [5.74, 6) is 1.09. The second-order valence-electron chi connectivity index (χ2n) is 4.49. The molecule has 1 N–H and O–H groups in total. The van der Waals surface area contributed by atoms with Gasteiger partial charge in [0.25, 0.3) is 0 Å². The molecular weight excluding hydrogens is 190 g/mol. The molecule has 3 heterocycles. The Morgan fingerprint density at radius 3 is 2.93 bits per heavy atom. The van der Waals surface area contributed by atoms with Crippen LogP contribution in [0.5, 0.6) is 0 Å². The molecule has 1 fully saturated rings. The van der Waals surface area contributed by atoms with Crippen molar-refractivity contribution >= 4 is 5.78 Å². The minimum atomic E-state index is 0.213. The number of hydrogen-bond acceptors (Lipinski definition) is 3. The normalized spacial score (nSPS) is 26.9. The molecule has 0 radical (unpaired) electrons. The van der Waals surface area contributed by atoms with Gasteiger partial charge in [0, 0.05) is 12.5 Å². The molecule has 0 amide bonds. The predicted octanol–water partition coefficient (Wildman–Crippen LogP) is 0.695. The van der Waals surface area contributed by atoms with Crippen molar-refractivity contribution < 1.29 is 4.79 Å². The first-order chi connectivity index (χ1) is 7.36. The van der Waals surface area contributed by atoms with Gasteiger partial charge in [0.2, 0.25) is 0 Å². The SMILES string of the molecule is O=C1c2cncn2CC1C1CCNCC1. The van der Waals surface area contributed by atoms with Gasteiger partial charge >= 0.3 is 0 Å². The van der Waals surface area contributed by atoms with Crippen molar-refractivity contribution in [3.63, 3.8) is 0 Å². The van der Waals surface area contributed by atoms with E-state index in [2.05, 4.69) is 10.3 Å². The molecule has 0 aliphatic carbocycles. The molecule has 2 aliphatic heterocycles. The van der Waals surface area contributed by atoms with Crippen LogP contribution in [0.4, 0.5) is 0 Å². The number of carbonyl (C=O) groups is 1. The first kappa shape index (κ1) is 9.09. The molecule has 4 heteroatoms. The maximum Gasteiger partial charge on any atom is 0.185 e. The standard InChI is InChI=1S/C11H15N3O/c15-11-9(8-1-3-12-4-2-8)6-14-7-13-5-10(11)14/h5,7-9,12H,1-4,6H2. The lowest BCUT2D eigenvalue weighted by Crippen LogP contribution is -2.33. The maximum absolute atomic E-state index is 12.1. The van der Waals surface area contributed by atoms with Crippen molar-refractivity contribution in [2.24, 2.45) is 11.8 Å². The van der Waals surface area contributed by atoms with Gasteiger partial charge < -0.3 is 9.88 Å². The van der Waals surface area contributed by atoms with Crippen LogP contribution in [0.15, 0.2) is 12.5 Å². The Hall–Kier alpha value is -1.16. The number of nitrogens with one attached hydrogen (secondary N) is 1. The molecule has 1 unspecified atom stereocenters. The molecule has 0 saturated carbocycles. The molecular formula is C11H15N3O. The van der Waals surface area contributed by atoms with E-state index in [0.29, 0.717) is 11.7 Å². The fourth-order valence-electron chi connectivity index (χ4n) is 2.77. The number of aromatic nitrogens is 2. The summed E-state index contributed by atoms with van der Waals surface area (Å²) in [6.07, 6.45) is 5.74. The van der Waals surface area contributed by atoms with Gasteiger partial charge in [0.05, 0.1) is 12.5 Å². The zero-order chi connectivity index (χ0) is 10.3. The van der Waals surface area contributed by atoms with Crippen LogP contribution < -0.4 is 5.32 Å². The molecule has 1 aromatic heterocycles. The smallest absolute Gasteiger partial charge is 0.185 e. The fraction of sp³-hybridized carbons (Fsp3) is 0.636. The van der Waals surface area contributed by atoms with Gasteiger partial charge in [0.15, 0.2) is 5.78 Å². The van der Waals surface area contributed by atoms with Gasteiger partial charge in [0.1, 0.15) is 5.69 Å². The summed E-state index contributed by atoms with van der Waals surface area (Å²) >= 11 is 0. The number of piperidine rings is 1. The van der Waals surface area contributed by atoms with E-state index in [9.17, 15) is 4.79 Å². The highest BCUT2D eigenvalue weighted by atomic mass is 16.1. The fourth-order valence-corrected chi connectivity index (χ4v) is 2.77. The minimum absolute atomic E-state index is 0.213. The Balaban J connectivity index is 1.80. The van der Waals surface area contributed by atoms with Crippen LogP contribution >= 0.6 is 0 Å². The number of carbonyl (C=O) groups excluding carboxylic acids is 1. The first-order valence-electron chi connectivity index (χ1n) is 5.61. The van der Waals surface area contributed by atoms with Crippen LogP contribution in [0.25, 0.3) is 0 Å². The Bertz CT molecular complexity index is 379. The van der Waals surface area contributed by atoms with Gasteiger partial charge in [-0.2, -0.15) is 0 Å². The summed E-state index contributed by atoms with van der Waals surface area (Å²) in [5.41, 5.74) is 0.804. The largest absolute Gasteiger partial charge is 0.327 e. The summed E-state index contributed by atoms with van der Waals surface area (Å²) in [4.78, 5) is 16.1. The van der Waals surface area contributed by atoms with Crippen LogP contribution in [-0.4, -0.2) is 28.4 Å². The summed E-state index contributed by atoms with van der Waals surface area (Å²) < 4.78 is 2.00. The van der Waals surface area contributed by atoms with Gasteiger partial charge in [-0.25, -0.2) is 4.98 Å². The minimum Gasteiger partial charge on any atom is -0.327 e. The zero-order valence-electron chi connectivity index (χ0n) is 8.65. The quantitative estimate of drug-likeness (QED) is 0.734. The van der Waals surface area contributed by atoms with Gasteiger partial charge in [-0.3, -0.25) is 4.79 Å². The van der Waals surface area contributed by atoms with Gasteiger partial charge in [-0.05, 0) is 31.8 Å². The number of rotatable bonds is 1. The molecule has 2 aliphatic rings. The van der Waals surface area contributed by atoms with E-state index in [1.165, 1.54) is 0 Å². The monoisotopic (exact) mass is 205 g/mol. The van der Waals surface area contributed by atoms with E-state index in [-0.39, 0.29) is 5.92 Å². The van der Waals surface area contributed by atoms with Crippen LogP contribution in [0.3, 0.4) is 0 Å². The van der Waals surface area contributed by atoms with Crippen molar-refractivity contribution in [2.75, 3.05) is 13.1 Å². The third kappa shape index (κ3) is 1.40. The van der Waals surface area contributed by atoms with Crippen molar-refractivity contribution in [3.05, 3.63) is 18.2 Å². The highest BCUT2D eigenvalue weighted by Crippen LogP contribution is 2.31. The summed E-state index contributed by atoms with van der Waals surface area (Å²) in [6.45, 7) is 2.96. The third-order valence-corrected chi connectivity index (χ3v) is 3.65. The lowest BCUT2D eigenvalue weighted by atomic mass is 9.83. The van der Waals surface area contributed by atoms with E-state index in [0.717, 1.165) is 38.2 Å². The van der Waals surface area contributed by atoms with Crippen LogP contribution in [0.1, 0.15) is 23.3 Å². The number of Topliss-reactive ketones (excluding diaryl/α,β-unsaturated/α-hetero) is 1. The Morgan fingerprint density at radius 1 is 1.40 bits per heavy atom. The lowest BCUT2D eigenvalue weighted by molar-refractivity contribution is 0.0871. The number of nitrogens with zero attached hydrogens (tertiary/aromatic N) is 2. The second kappa shape index (κ2) is 3.45. The molecule has 15 heavy (non-hydrogen) atoms. The molecule has 0 bridgehead atoms. The molecule has 0 aromatic carbocycles. The first-order valence-corrected chi connectivity index (χ1v) is 5.61. The summed E-state index contributed by atoms with van der Waals surface area (Å²) in [7, 11) is 0. The number of hydrogen-bond donors (Lipinski definition) is 1. The summed E-state index contributed by atoms with van der Waals surface area (Å²) in [5, 5.41) is 3.34. The van der Waals surface area contributed by atoms with E-state index in [1.54, 1.807) is 12.5 Å². The van der Waals surface area contributed by atoms with Crippen LogP contribution in [0, 0.1) is 11.8 Å². The molecule has 0 spiro atoms. The Labute approximate surface area is 88.7 Å². The van der Waals surface area contributed by atoms with Gasteiger partial charge in [-0.1, -0.05) is 0 Å². The van der Waals surface area contributed by atoms with Crippen molar-refractivity contribution in [3.8, 4) is 0 Å². The average molecular weight is 205 g/mol. The van der Waals surface area contributed by atoms with Crippen molar-refractivity contribution in [1.82, 2.24) is 14.9 Å². The molecule has 4 nitrogen and oxygen atoms in total. The predicted molar refractivity (Wildman–Crippen MR) is 55.6 cm³/mol. The number of imidazole rings is 1. The number of ketones is 1. The zero-order valence-corrected chi connectivity index (χ0v) is 8.65. The maximum atomic E-state index is 12.1. The third-order valence-electron chi connectivity index (χ3n) is 3.65. The Morgan fingerprint density at radius 2 is 2.20 bits per heavy atom. The highest BCUT2D eigenvalue weighted by Gasteiger charge is 2.36. The number of fused-ring (bicyclic) bond motifs is 1. The molecule has 3 rings (SSSR count). The second-order valence-corrected chi connectivity index (χ2v) is 4.49. The highest BCUT2D eigenvalue weighted by molar-refractivity contribution is 5.98.